The van der Waals surface area contributed by atoms with Gasteiger partial charge in [-0.05, 0) is 57.3 Å². The molecule has 0 aromatic carbocycles. The van der Waals surface area contributed by atoms with Gasteiger partial charge in [0, 0.05) is 19.4 Å². The molecule has 1 fully saturated rings. The predicted molar refractivity (Wildman–Crippen MR) is 140 cm³/mol. The van der Waals surface area contributed by atoms with Gasteiger partial charge >= 0.3 is 5.97 Å². The maximum Gasteiger partial charge on any atom is 0.303 e. The third-order valence-corrected chi connectivity index (χ3v) is 4.22. The highest BCUT2D eigenvalue weighted by Crippen LogP contribution is 2.29. The van der Waals surface area contributed by atoms with Gasteiger partial charge in [-0.1, -0.05) is 66.4 Å². The summed E-state index contributed by atoms with van der Waals surface area (Å²) >= 11 is 0. The number of carboxylic acids is 1. The summed E-state index contributed by atoms with van der Waals surface area (Å²) < 4.78 is 0. The second kappa shape index (κ2) is 35.7. The summed E-state index contributed by atoms with van der Waals surface area (Å²) in [6, 6.07) is 0. The van der Waals surface area contributed by atoms with Crippen LogP contribution in [-0.4, -0.2) is 22.8 Å². The third-order valence-electron chi connectivity index (χ3n) is 4.22. The van der Waals surface area contributed by atoms with Crippen LogP contribution >= 0.6 is 0 Å². The molecule has 1 aliphatic rings. The second-order valence-electron chi connectivity index (χ2n) is 8.26. The molecule has 2 atom stereocenters. The molecule has 1 aliphatic carbocycles. The molecule has 3 nitrogen and oxygen atoms in total. The van der Waals surface area contributed by atoms with E-state index < -0.39 is 5.97 Å². The Morgan fingerprint density at radius 1 is 1.06 bits per heavy atom. The number of aliphatic hydroxyl groups is 1. The summed E-state index contributed by atoms with van der Waals surface area (Å²) in [4.78, 5) is 10.0. The molecule has 0 aromatic rings. The van der Waals surface area contributed by atoms with Crippen LogP contribution in [0.25, 0.3) is 0 Å². The molecule has 0 saturated heterocycles. The highest BCUT2D eigenvalue weighted by Gasteiger charge is 2.15. The highest BCUT2D eigenvalue weighted by atomic mass is 16.4. The predicted octanol–water partition coefficient (Wildman–Crippen LogP) is 7.98. The molecule has 184 valence electrons. The van der Waals surface area contributed by atoms with Crippen molar-refractivity contribution in [1.29, 1.82) is 0 Å². The van der Waals surface area contributed by atoms with E-state index in [-0.39, 0.29) is 13.0 Å². The number of aliphatic hydroxyl groups excluding tert-OH is 1. The van der Waals surface area contributed by atoms with Crippen LogP contribution < -0.4 is 0 Å². The van der Waals surface area contributed by atoms with Gasteiger partial charge in [0.15, 0.2) is 0 Å². The molecule has 0 amide bonds. The van der Waals surface area contributed by atoms with Crippen LogP contribution in [0.2, 0.25) is 0 Å². The van der Waals surface area contributed by atoms with Crippen LogP contribution in [0.4, 0.5) is 0 Å². The highest BCUT2D eigenvalue weighted by molar-refractivity contribution is 5.66. The van der Waals surface area contributed by atoms with Gasteiger partial charge in [0.25, 0.3) is 0 Å². The van der Waals surface area contributed by atoms with Crippen molar-refractivity contribution in [3.8, 4) is 25.2 Å². The monoisotopic (exact) mass is 438 g/mol. The number of unbranched alkanes of at least 4 members (excludes halogenated alkanes) is 1. The number of carboxylic acid groups (broad SMARTS) is 1. The minimum absolute atomic E-state index is 0.250. The van der Waals surface area contributed by atoms with E-state index in [4.69, 9.17) is 16.6 Å². The number of terminal acetylenes is 2. The summed E-state index contributed by atoms with van der Waals surface area (Å²) in [5.41, 5.74) is 1.13. The van der Waals surface area contributed by atoms with Crippen molar-refractivity contribution >= 4 is 5.97 Å². The van der Waals surface area contributed by atoms with Crippen LogP contribution in [0.15, 0.2) is 12.2 Å². The number of carbonyl (C=O) groups is 1. The Balaban J connectivity index is -0.0000000946. The number of hydrogen-bond acceptors (Lipinski definition) is 2. The topological polar surface area (TPSA) is 57.5 Å². The molecule has 1 rings (SSSR count). The summed E-state index contributed by atoms with van der Waals surface area (Å²) in [6.07, 6.45) is 22.3. The fraction of sp³-hybridized carbons (Fsp3) is 0.750. The van der Waals surface area contributed by atoms with Gasteiger partial charge in [0.1, 0.15) is 0 Å². The van der Waals surface area contributed by atoms with E-state index in [1.807, 2.05) is 13.8 Å². The van der Waals surface area contributed by atoms with Crippen LogP contribution in [-0.2, 0) is 4.79 Å². The smallest absolute Gasteiger partial charge is 0.303 e. The van der Waals surface area contributed by atoms with Crippen molar-refractivity contribution in [3.05, 3.63) is 12.2 Å². The van der Waals surface area contributed by atoms with Gasteiger partial charge in [0.05, 0.1) is 0 Å². The first-order chi connectivity index (χ1) is 14.5. The average molecular weight is 439 g/mol. The zero-order chi connectivity index (χ0) is 25.7. The van der Waals surface area contributed by atoms with Gasteiger partial charge in [-0.3, -0.25) is 4.79 Å². The lowest BCUT2D eigenvalue weighted by Gasteiger charge is -1.96. The SMILES string of the molecule is C#C.C#CCC.C=C(C)CCCCC(=O)O.CC1CCC(C)C1.CCC(C)C.CCO. The Hall–Kier alpha value is -1.71. The molecule has 0 aromatic heterocycles. The molecule has 0 heterocycles. The molecule has 2 N–H and O–H groups in total. The Bertz CT molecular complexity index is 392. The van der Waals surface area contributed by atoms with Crippen molar-refractivity contribution in [1.82, 2.24) is 0 Å². The standard InChI is InChI=1S/C8H14O2.C7H14.C5H12.C4H6.C2H6O.C2H2/c1-7(2)5-3-4-6-8(9)10;1-6-3-4-7(2)5-6;1-4-5(2)3;1-3-4-2;1-2-3;1-2/h1,3-6H2,2H3,(H,9,10);6-7H,3-5H2,1-2H3;5H,4H2,1-3H3;1H,4H2,2H3;3H,2H2,1H3;1-2H. The van der Waals surface area contributed by atoms with Crippen molar-refractivity contribution < 1.29 is 15.0 Å². The molecular weight excluding hydrogens is 384 g/mol. The van der Waals surface area contributed by atoms with Crippen LogP contribution in [0, 0.1) is 42.9 Å². The lowest BCUT2D eigenvalue weighted by molar-refractivity contribution is -0.137. The quantitative estimate of drug-likeness (QED) is 0.251. The normalized spacial score (nSPS) is 15.3. The van der Waals surface area contributed by atoms with Crippen molar-refractivity contribution in [2.24, 2.45) is 17.8 Å². The van der Waals surface area contributed by atoms with E-state index in [2.05, 4.69) is 60.0 Å². The van der Waals surface area contributed by atoms with E-state index in [1.54, 1.807) is 6.92 Å². The maximum atomic E-state index is 10.0. The fourth-order valence-electron chi connectivity index (χ4n) is 2.19. The first-order valence-corrected chi connectivity index (χ1v) is 11.8. The van der Waals surface area contributed by atoms with Crippen LogP contribution in [0.1, 0.15) is 113 Å². The minimum Gasteiger partial charge on any atom is -0.481 e. The fourth-order valence-corrected chi connectivity index (χ4v) is 2.19. The maximum absolute atomic E-state index is 10.0. The molecular formula is C28H54O3. The Kier molecular flexibility index (Phi) is 45.8. The van der Waals surface area contributed by atoms with E-state index in [1.165, 1.54) is 25.7 Å². The van der Waals surface area contributed by atoms with Crippen molar-refractivity contribution in [3.63, 3.8) is 0 Å². The molecule has 1 saturated carbocycles. The van der Waals surface area contributed by atoms with E-state index in [0.29, 0.717) is 0 Å². The first-order valence-electron chi connectivity index (χ1n) is 11.8. The van der Waals surface area contributed by atoms with Gasteiger partial charge in [-0.25, -0.2) is 0 Å². The summed E-state index contributed by atoms with van der Waals surface area (Å²) in [5.74, 6) is 4.65. The number of rotatable bonds is 6. The zero-order valence-corrected chi connectivity index (χ0v) is 22.0. The van der Waals surface area contributed by atoms with Gasteiger partial charge < -0.3 is 10.2 Å². The number of allylic oxidation sites excluding steroid dienone is 1. The Labute approximate surface area is 196 Å². The molecule has 3 heteroatoms. The summed E-state index contributed by atoms with van der Waals surface area (Å²) in [7, 11) is 0. The molecule has 0 bridgehead atoms. The largest absolute Gasteiger partial charge is 0.481 e. The molecule has 2 unspecified atom stereocenters. The van der Waals surface area contributed by atoms with E-state index in [0.717, 1.165) is 49.0 Å². The summed E-state index contributed by atoms with van der Waals surface area (Å²) in [5, 5.41) is 15.8. The second-order valence-corrected chi connectivity index (χ2v) is 8.26. The lowest BCUT2D eigenvalue weighted by atomic mass is 10.1. The van der Waals surface area contributed by atoms with Crippen LogP contribution in [0.3, 0.4) is 0 Å². The van der Waals surface area contributed by atoms with E-state index in [9.17, 15) is 4.79 Å². The summed E-state index contributed by atoms with van der Waals surface area (Å²) in [6.45, 7) is 20.9. The number of hydrogen-bond donors (Lipinski definition) is 2. The third kappa shape index (κ3) is 65.4. The zero-order valence-electron chi connectivity index (χ0n) is 22.0. The molecule has 0 aliphatic heterocycles. The molecule has 31 heavy (non-hydrogen) atoms. The molecule has 0 spiro atoms. The number of aliphatic carboxylic acids is 1. The van der Waals surface area contributed by atoms with Crippen molar-refractivity contribution in [2.75, 3.05) is 6.61 Å². The average Bonchev–Trinajstić information content (AvgIpc) is 3.11. The first kappa shape index (κ1) is 39.7. The molecule has 0 radical (unpaired) electrons. The Morgan fingerprint density at radius 2 is 1.39 bits per heavy atom. The Morgan fingerprint density at radius 3 is 1.55 bits per heavy atom. The minimum atomic E-state index is -0.707. The van der Waals surface area contributed by atoms with Gasteiger partial charge in [0.2, 0.25) is 0 Å². The van der Waals surface area contributed by atoms with Gasteiger partial charge in [-0.15, -0.1) is 31.8 Å². The lowest BCUT2D eigenvalue weighted by Crippen LogP contribution is -1.93. The van der Waals surface area contributed by atoms with E-state index >= 15 is 0 Å². The van der Waals surface area contributed by atoms with Crippen LogP contribution in [0.5, 0.6) is 0 Å². The van der Waals surface area contributed by atoms with Gasteiger partial charge in [-0.2, -0.15) is 0 Å². The van der Waals surface area contributed by atoms with Crippen molar-refractivity contribution in [2.45, 2.75) is 113 Å².